The smallest absolute Gasteiger partial charge is 0.235 e. The molecule has 0 aliphatic heterocycles. The Labute approximate surface area is 123 Å². The van der Waals surface area contributed by atoms with Crippen molar-refractivity contribution in [3.63, 3.8) is 0 Å². The molecule has 2 amide bonds. The summed E-state index contributed by atoms with van der Waals surface area (Å²) in [6.45, 7) is 2.55. The van der Waals surface area contributed by atoms with Gasteiger partial charge in [0.05, 0.1) is 0 Å². The lowest BCUT2D eigenvalue weighted by atomic mass is 9.97. The third-order valence-corrected chi connectivity index (χ3v) is 2.83. The number of amidine groups is 1. The molecule has 114 valence electrons. The van der Waals surface area contributed by atoms with Crippen LogP contribution in [0.2, 0.25) is 0 Å². The summed E-state index contributed by atoms with van der Waals surface area (Å²) in [5.74, 6) is -1.64. The molecule has 1 aromatic carbocycles. The minimum atomic E-state index is -0.884. The number of hydrogen-bond donors (Lipinski definition) is 4. The first-order valence-electron chi connectivity index (χ1n) is 6.67. The van der Waals surface area contributed by atoms with Gasteiger partial charge in [-0.3, -0.25) is 9.59 Å². The quantitative estimate of drug-likeness (QED) is 0.248. The summed E-state index contributed by atoms with van der Waals surface area (Å²) in [7, 11) is 0. The van der Waals surface area contributed by atoms with Gasteiger partial charge in [0, 0.05) is 19.5 Å². The lowest BCUT2D eigenvalue weighted by Gasteiger charge is -2.15. The van der Waals surface area contributed by atoms with Gasteiger partial charge in [-0.05, 0) is 12.5 Å². The van der Waals surface area contributed by atoms with E-state index in [4.69, 9.17) is 10.9 Å². The maximum atomic E-state index is 12.2. The van der Waals surface area contributed by atoms with Crippen LogP contribution in [0.4, 0.5) is 0 Å². The Morgan fingerprint density at radius 3 is 2.52 bits per heavy atom. The number of carbonyl (C=O) groups excluding carboxylic acids is 2. The van der Waals surface area contributed by atoms with Gasteiger partial charge in [-0.15, -0.1) is 0 Å². The van der Waals surface area contributed by atoms with Crippen LogP contribution in [0, 0.1) is 0 Å². The summed E-state index contributed by atoms with van der Waals surface area (Å²) in [6, 6.07) is 8.75. The Morgan fingerprint density at radius 2 is 1.95 bits per heavy atom. The highest BCUT2D eigenvalue weighted by Gasteiger charge is 2.24. The molecule has 0 saturated heterocycles. The van der Waals surface area contributed by atoms with Crippen LogP contribution < -0.4 is 16.4 Å². The van der Waals surface area contributed by atoms with E-state index in [0.29, 0.717) is 12.1 Å². The molecule has 0 aliphatic rings. The maximum absolute atomic E-state index is 12.2. The van der Waals surface area contributed by atoms with Gasteiger partial charge in [0.2, 0.25) is 11.8 Å². The zero-order chi connectivity index (χ0) is 15.7. The third kappa shape index (κ3) is 5.13. The first-order valence-corrected chi connectivity index (χ1v) is 6.67. The van der Waals surface area contributed by atoms with Crippen LogP contribution in [-0.2, 0) is 9.59 Å². The lowest BCUT2D eigenvalue weighted by Crippen LogP contribution is -2.38. The van der Waals surface area contributed by atoms with E-state index in [9.17, 15) is 9.59 Å². The highest BCUT2D eigenvalue weighted by Crippen LogP contribution is 2.15. The maximum Gasteiger partial charge on any atom is 0.235 e. The average Bonchev–Trinajstić information content (AvgIpc) is 2.48. The van der Waals surface area contributed by atoms with Gasteiger partial charge in [0.1, 0.15) is 5.92 Å². The molecule has 0 spiro atoms. The van der Waals surface area contributed by atoms with Crippen LogP contribution in [0.25, 0.3) is 0 Å². The van der Waals surface area contributed by atoms with Crippen molar-refractivity contribution in [2.24, 2.45) is 10.9 Å². The fourth-order valence-corrected chi connectivity index (χ4v) is 1.85. The molecule has 0 aromatic heterocycles. The molecule has 0 bridgehead atoms. The van der Waals surface area contributed by atoms with E-state index in [-0.39, 0.29) is 24.7 Å². The monoisotopic (exact) mass is 292 g/mol. The number of amides is 2. The topological polar surface area (TPSA) is 117 Å². The summed E-state index contributed by atoms with van der Waals surface area (Å²) in [6.07, 6.45) is 0.178. The van der Waals surface area contributed by atoms with Gasteiger partial charge >= 0.3 is 0 Å². The Kier molecular flexibility index (Phi) is 6.73. The number of nitrogens with one attached hydrogen (secondary N) is 2. The fourth-order valence-electron chi connectivity index (χ4n) is 1.85. The van der Waals surface area contributed by atoms with E-state index in [1.54, 1.807) is 30.3 Å². The molecule has 7 heteroatoms. The second kappa shape index (κ2) is 8.57. The SMILES string of the molecule is CCNC(=O)CCNC(=O)C(/C(N)=N/O)c1ccccc1. The molecule has 0 saturated carbocycles. The summed E-state index contributed by atoms with van der Waals surface area (Å²) in [5.41, 5.74) is 6.20. The molecule has 0 radical (unpaired) electrons. The molecule has 21 heavy (non-hydrogen) atoms. The molecule has 0 fully saturated rings. The van der Waals surface area contributed by atoms with E-state index in [1.165, 1.54) is 0 Å². The number of nitrogens with two attached hydrogens (primary N) is 1. The zero-order valence-electron chi connectivity index (χ0n) is 11.9. The largest absolute Gasteiger partial charge is 0.409 e. The number of benzene rings is 1. The van der Waals surface area contributed by atoms with Crippen molar-refractivity contribution >= 4 is 17.6 Å². The molecule has 1 rings (SSSR count). The van der Waals surface area contributed by atoms with Crippen LogP contribution in [0.5, 0.6) is 0 Å². The van der Waals surface area contributed by atoms with Crippen LogP contribution in [0.15, 0.2) is 35.5 Å². The van der Waals surface area contributed by atoms with Gasteiger partial charge in [0.25, 0.3) is 0 Å². The molecule has 5 N–H and O–H groups in total. The second-order valence-electron chi connectivity index (χ2n) is 4.36. The average molecular weight is 292 g/mol. The van der Waals surface area contributed by atoms with E-state index in [1.807, 2.05) is 6.92 Å². The minimum Gasteiger partial charge on any atom is -0.409 e. The molecule has 7 nitrogen and oxygen atoms in total. The Hall–Kier alpha value is -2.57. The lowest BCUT2D eigenvalue weighted by molar-refractivity contribution is -0.122. The van der Waals surface area contributed by atoms with E-state index in [2.05, 4.69) is 15.8 Å². The van der Waals surface area contributed by atoms with Crippen LogP contribution in [0.3, 0.4) is 0 Å². The van der Waals surface area contributed by atoms with Gasteiger partial charge in [-0.2, -0.15) is 0 Å². The third-order valence-electron chi connectivity index (χ3n) is 2.83. The number of rotatable bonds is 7. The second-order valence-corrected chi connectivity index (χ2v) is 4.36. The zero-order valence-corrected chi connectivity index (χ0v) is 11.9. The fraction of sp³-hybridized carbons (Fsp3) is 0.357. The van der Waals surface area contributed by atoms with Crippen molar-refractivity contribution < 1.29 is 14.8 Å². The summed E-state index contributed by atoms with van der Waals surface area (Å²) < 4.78 is 0. The number of oxime groups is 1. The summed E-state index contributed by atoms with van der Waals surface area (Å²) in [5, 5.41) is 17.0. The van der Waals surface area contributed by atoms with E-state index >= 15 is 0 Å². The first-order chi connectivity index (χ1) is 10.1. The van der Waals surface area contributed by atoms with Crippen LogP contribution in [0.1, 0.15) is 24.8 Å². The van der Waals surface area contributed by atoms with Crippen molar-refractivity contribution in [3.8, 4) is 0 Å². The van der Waals surface area contributed by atoms with Crippen LogP contribution in [-0.4, -0.2) is 35.9 Å². The number of hydrogen-bond acceptors (Lipinski definition) is 4. The van der Waals surface area contributed by atoms with Gasteiger partial charge < -0.3 is 21.6 Å². The van der Waals surface area contributed by atoms with Crippen molar-refractivity contribution in [2.45, 2.75) is 19.3 Å². The predicted octanol–water partition coefficient (Wildman–Crippen LogP) is 0.159. The van der Waals surface area contributed by atoms with Crippen molar-refractivity contribution in [3.05, 3.63) is 35.9 Å². The highest BCUT2D eigenvalue weighted by molar-refractivity contribution is 6.07. The molecule has 1 aromatic rings. The number of nitrogens with zero attached hydrogens (tertiary/aromatic N) is 1. The van der Waals surface area contributed by atoms with Crippen molar-refractivity contribution in [1.82, 2.24) is 10.6 Å². The Bertz CT molecular complexity index is 502. The Balaban J connectivity index is 2.68. The van der Waals surface area contributed by atoms with Crippen molar-refractivity contribution in [1.29, 1.82) is 0 Å². The van der Waals surface area contributed by atoms with Gasteiger partial charge in [-0.25, -0.2) is 0 Å². The van der Waals surface area contributed by atoms with E-state index < -0.39 is 11.8 Å². The van der Waals surface area contributed by atoms with Crippen molar-refractivity contribution in [2.75, 3.05) is 13.1 Å². The molecular weight excluding hydrogens is 272 g/mol. The molecule has 1 unspecified atom stereocenters. The summed E-state index contributed by atoms with van der Waals surface area (Å²) >= 11 is 0. The standard InChI is InChI=1S/C14H20N4O3/c1-2-16-11(19)8-9-17-14(20)12(13(15)18-21)10-6-4-3-5-7-10/h3-7,12,21H,2,8-9H2,1H3,(H2,15,18)(H,16,19)(H,17,20). The van der Waals surface area contributed by atoms with E-state index in [0.717, 1.165) is 0 Å². The molecule has 0 heterocycles. The molecule has 0 aliphatic carbocycles. The summed E-state index contributed by atoms with van der Waals surface area (Å²) in [4.78, 5) is 23.5. The van der Waals surface area contributed by atoms with Crippen LogP contribution >= 0.6 is 0 Å². The molecular formula is C14H20N4O3. The normalized spacial score (nSPS) is 12.5. The van der Waals surface area contributed by atoms with Gasteiger partial charge in [0.15, 0.2) is 5.84 Å². The predicted molar refractivity (Wildman–Crippen MR) is 78.9 cm³/mol. The first kappa shape index (κ1) is 16.5. The Morgan fingerprint density at radius 1 is 1.29 bits per heavy atom. The minimum absolute atomic E-state index is 0.141. The highest BCUT2D eigenvalue weighted by atomic mass is 16.4. The van der Waals surface area contributed by atoms with Gasteiger partial charge in [-0.1, -0.05) is 35.5 Å². The number of carbonyl (C=O) groups is 2. The molecule has 1 atom stereocenters.